The fourth-order valence-corrected chi connectivity index (χ4v) is 3.88. The van der Waals surface area contributed by atoms with Crippen molar-refractivity contribution in [3.05, 3.63) is 47.0 Å². The lowest BCUT2D eigenvalue weighted by Crippen LogP contribution is -2.34. The summed E-state index contributed by atoms with van der Waals surface area (Å²) in [6, 6.07) is 4.94. The lowest BCUT2D eigenvalue weighted by Gasteiger charge is -2.24. The number of aliphatic hydroxyl groups is 1. The van der Waals surface area contributed by atoms with Gasteiger partial charge in [0.1, 0.15) is 6.10 Å². The van der Waals surface area contributed by atoms with Gasteiger partial charge in [-0.3, -0.25) is 9.59 Å². The molecule has 1 aromatic carbocycles. The second-order valence-corrected chi connectivity index (χ2v) is 8.80. The van der Waals surface area contributed by atoms with Crippen molar-refractivity contribution in [3.63, 3.8) is 0 Å². The van der Waals surface area contributed by atoms with Crippen molar-refractivity contribution >= 4 is 23.5 Å². The number of nitrogens with zero attached hydrogens (tertiary/aromatic N) is 1. The second-order valence-electron chi connectivity index (χ2n) is 8.36. The van der Waals surface area contributed by atoms with Crippen LogP contribution in [-0.2, 0) is 20.2 Å². The van der Waals surface area contributed by atoms with Gasteiger partial charge in [-0.1, -0.05) is 48.7 Å². The van der Waals surface area contributed by atoms with E-state index in [-0.39, 0.29) is 34.6 Å². The van der Waals surface area contributed by atoms with E-state index >= 15 is 0 Å². The van der Waals surface area contributed by atoms with E-state index in [1.54, 1.807) is 4.90 Å². The number of rotatable bonds is 12. The van der Waals surface area contributed by atoms with E-state index in [2.05, 4.69) is 0 Å². The summed E-state index contributed by atoms with van der Waals surface area (Å²) in [5.41, 5.74) is -0.362. The van der Waals surface area contributed by atoms with Crippen molar-refractivity contribution in [1.29, 1.82) is 0 Å². The third-order valence-corrected chi connectivity index (χ3v) is 5.60. The number of halogens is 3. The number of hydrogen-bond acceptors (Lipinski definition) is 4. The maximum absolute atomic E-state index is 14.6. The summed E-state index contributed by atoms with van der Waals surface area (Å²) in [6.45, 7) is 4.14. The Hall–Kier alpha value is -1.99. The van der Waals surface area contributed by atoms with Crippen molar-refractivity contribution < 1.29 is 28.2 Å². The van der Waals surface area contributed by atoms with Crippen LogP contribution >= 0.6 is 11.6 Å². The number of benzene rings is 1. The van der Waals surface area contributed by atoms with Crippen molar-refractivity contribution in [2.45, 2.75) is 83.0 Å². The monoisotopic (exact) mass is 471 g/mol. The number of unbranched alkanes of at least 4 members (excludes halogenated alkanes) is 3. The van der Waals surface area contributed by atoms with Gasteiger partial charge in [0.15, 0.2) is 0 Å². The van der Waals surface area contributed by atoms with Crippen LogP contribution in [0.3, 0.4) is 0 Å². The van der Waals surface area contributed by atoms with Crippen LogP contribution in [0.2, 0.25) is 5.02 Å². The van der Waals surface area contributed by atoms with E-state index < -0.39 is 12.0 Å². The number of amides is 1. The highest BCUT2D eigenvalue weighted by Gasteiger charge is 2.39. The van der Waals surface area contributed by atoms with Crippen LogP contribution in [0.25, 0.3) is 0 Å². The number of alkyl halides is 2. The van der Waals surface area contributed by atoms with Gasteiger partial charge in [-0.05, 0) is 45.2 Å². The van der Waals surface area contributed by atoms with Crippen LogP contribution < -0.4 is 0 Å². The number of likely N-dealkylation sites (tertiary alicyclic amines) is 1. The van der Waals surface area contributed by atoms with Crippen LogP contribution in [0.1, 0.15) is 64.4 Å². The van der Waals surface area contributed by atoms with Gasteiger partial charge in [-0.15, -0.1) is 0 Å². The fourth-order valence-electron chi connectivity index (χ4n) is 3.69. The molecule has 32 heavy (non-hydrogen) atoms. The highest BCUT2D eigenvalue weighted by molar-refractivity contribution is 6.30. The molecule has 1 aliphatic rings. The fraction of sp³-hybridized carbons (Fsp3) is 0.583. The predicted octanol–water partition coefficient (Wildman–Crippen LogP) is 5.24. The summed E-state index contributed by atoms with van der Waals surface area (Å²) >= 11 is 5.79. The van der Waals surface area contributed by atoms with E-state index in [9.17, 15) is 23.5 Å². The first kappa shape index (κ1) is 26.3. The molecule has 1 aromatic rings. The topological polar surface area (TPSA) is 66.8 Å². The van der Waals surface area contributed by atoms with Crippen LogP contribution in [0.5, 0.6) is 0 Å². The SMILES string of the molecule is CC(C)OC(=O)CCCCCCN1C(=O)CC[C@@H]1/C=C/[C@@H](O)C(F)(F)c1cccc(Cl)c1. The lowest BCUT2D eigenvalue weighted by molar-refractivity contribution is -0.147. The average molecular weight is 472 g/mol. The normalized spacial score (nSPS) is 18.0. The Kier molecular flexibility index (Phi) is 10.1. The summed E-state index contributed by atoms with van der Waals surface area (Å²) in [7, 11) is 0. The Bertz CT molecular complexity index is 800. The molecule has 2 atom stereocenters. The number of carbonyl (C=O) groups excluding carboxylic acids is 2. The summed E-state index contributed by atoms with van der Waals surface area (Å²) in [6.07, 6.45) is 4.89. The molecule has 8 heteroatoms. The summed E-state index contributed by atoms with van der Waals surface area (Å²) < 4.78 is 34.2. The Balaban J connectivity index is 1.81. The molecule has 0 spiro atoms. The average Bonchev–Trinajstić information content (AvgIpc) is 3.07. The zero-order chi connectivity index (χ0) is 23.7. The van der Waals surface area contributed by atoms with Crippen LogP contribution in [-0.4, -0.2) is 46.7 Å². The molecule has 1 N–H and O–H groups in total. The molecule has 0 radical (unpaired) electrons. The van der Waals surface area contributed by atoms with Crippen LogP contribution in [0.15, 0.2) is 36.4 Å². The Morgan fingerprint density at radius 2 is 2.03 bits per heavy atom. The molecule has 1 amide bonds. The van der Waals surface area contributed by atoms with Gasteiger partial charge in [0.25, 0.3) is 0 Å². The van der Waals surface area contributed by atoms with Crippen molar-refractivity contribution in [2.75, 3.05) is 6.54 Å². The van der Waals surface area contributed by atoms with Gasteiger partial charge >= 0.3 is 11.9 Å². The third-order valence-electron chi connectivity index (χ3n) is 5.37. The number of carbonyl (C=O) groups is 2. The second kappa shape index (κ2) is 12.3. The molecule has 0 unspecified atom stereocenters. The molecule has 2 rings (SSSR count). The van der Waals surface area contributed by atoms with E-state index in [1.807, 2.05) is 13.8 Å². The first-order chi connectivity index (χ1) is 15.1. The highest BCUT2D eigenvalue weighted by atomic mass is 35.5. The standard InChI is InChI=1S/C24H32ClF2NO4/c1-17(2)32-23(31)10-5-3-4-6-15-28-20(12-14-22(28)30)11-13-21(29)24(26,27)18-8-7-9-19(25)16-18/h7-9,11,13,16-17,20-21,29H,3-6,10,12,14-15H2,1-2H3/b13-11+/t20-,21+/m0/s1. The molecule has 178 valence electrons. The largest absolute Gasteiger partial charge is 0.463 e. The highest BCUT2D eigenvalue weighted by Crippen LogP contribution is 2.34. The maximum atomic E-state index is 14.6. The molecule has 5 nitrogen and oxygen atoms in total. The molecule has 1 heterocycles. The molecule has 1 fully saturated rings. The minimum absolute atomic E-state index is 0.0174. The Morgan fingerprint density at radius 1 is 1.31 bits per heavy atom. The van der Waals surface area contributed by atoms with Crippen LogP contribution in [0, 0.1) is 0 Å². The zero-order valence-corrected chi connectivity index (χ0v) is 19.4. The predicted molar refractivity (Wildman–Crippen MR) is 120 cm³/mol. The van der Waals surface area contributed by atoms with Gasteiger partial charge in [0.2, 0.25) is 5.91 Å². The number of aliphatic hydroxyl groups excluding tert-OH is 1. The summed E-state index contributed by atoms with van der Waals surface area (Å²) in [5, 5.41) is 10.3. The van der Waals surface area contributed by atoms with E-state index in [0.29, 0.717) is 25.8 Å². The molecule has 1 saturated heterocycles. The lowest BCUT2D eigenvalue weighted by atomic mass is 10.0. The molecular weight excluding hydrogens is 440 g/mol. The quantitative estimate of drug-likeness (QED) is 0.257. The smallest absolute Gasteiger partial charge is 0.306 e. The molecule has 1 aliphatic heterocycles. The number of hydrogen-bond donors (Lipinski definition) is 1. The zero-order valence-electron chi connectivity index (χ0n) is 18.6. The van der Waals surface area contributed by atoms with Crippen molar-refractivity contribution in [1.82, 2.24) is 4.90 Å². The molecule has 0 aromatic heterocycles. The van der Waals surface area contributed by atoms with E-state index in [4.69, 9.17) is 16.3 Å². The van der Waals surface area contributed by atoms with E-state index in [0.717, 1.165) is 37.8 Å². The van der Waals surface area contributed by atoms with Crippen LogP contribution in [0.4, 0.5) is 8.78 Å². The minimum atomic E-state index is -3.49. The minimum Gasteiger partial charge on any atom is -0.463 e. The summed E-state index contributed by atoms with van der Waals surface area (Å²) in [4.78, 5) is 25.4. The Morgan fingerprint density at radius 3 is 2.72 bits per heavy atom. The van der Waals surface area contributed by atoms with Crippen molar-refractivity contribution in [3.8, 4) is 0 Å². The summed E-state index contributed by atoms with van der Waals surface area (Å²) in [5.74, 6) is -3.71. The Labute approximate surface area is 193 Å². The molecule has 0 bridgehead atoms. The van der Waals surface area contributed by atoms with Gasteiger partial charge in [0.05, 0.1) is 12.1 Å². The number of ether oxygens (including phenoxy) is 1. The molecular formula is C24H32ClF2NO4. The first-order valence-electron chi connectivity index (χ1n) is 11.1. The van der Waals surface area contributed by atoms with Gasteiger partial charge < -0.3 is 14.7 Å². The maximum Gasteiger partial charge on any atom is 0.306 e. The molecule has 0 saturated carbocycles. The third kappa shape index (κ3) is 7.85. The molecule has 0 aliphatic carbocycles. The van der Waals surface area contributed by atoms with Gasteiger partial charge in [-0.25, -0.2) is 0 Å². The van der Waals surface area contributed by atoms with Gasteiger partial charge in [0, 0.05) is 30.0 Å². The number of esters is 1. The van der Waals surface area contributed by atoms with Gasteiger partial charge in [-0.2, -0.15) is 8.78 Å². The van der Waals surface area contributed by atoms with Crippen molar-refractivity contribution in [2.24, 2.45) is 0 Å². The first-order valence-corrected chi connectivity index (χ1v) is 11.5. The van der Waals surface area contributed by atoms with E-state index in [1.165, 1.54) is 24.3 Å².